The van der Waals surface area contributed by atoms with Crippen molar-refractivity contribution >= 4 is 27.7 Å². The van der Waals surface area contributed by atoms with E-state index < -0.39 is 46.1 Å². The van der Waals surface area contributed by atoms with Gasteiger partial charge in [-0.3, -0.25) is 14.4 Å². The van der Waals surface area contributed by atoms with Crippen LogP contribution in [0.25, 0.3) is 0 Å². The largest absolute Gasteiger partial charge is 0.376 e. The summed E-state index contributed by atoms with van der Waals surface area (Å²) in [6.07, 6.45) is 5.80. The molecule has 5 rings (SSSR count). The standard InChI is InChI=1S/C28H32FN3O6S/c29-20-14-12-19(13-15-20)26(27(34)30-21-7-2-1-3-8-21)31(17-22-9-6-16-38-22)25(33)18-32-28(35)23-10-4-5-11-24(23)39(32,36)37/h4-5,10-15,21-22,26H,1-3,6-9,16-18H2,(H,30,34)/t22-,26-/m0/s1. The zero-order valence-corrected chi connectivity index (χ0v) is 22.4. The molecule has 2 fully saturated rings. The van der Waals surface area contributed by atoms with Crippen molar-refractivity contribution in [2.24, 2.45) is 0 Å². The van der Waals surface area contributed by atoms with E-state index in [0.29, 0.717) is 22.9 Å². The summed E-state index contributed by atoms with van der Waals surface area (Å²) in [5.74, 6) is -2.43. The number of halogens is 1. The predicted octanol–water partition coefficient (Wildman–Crippen LogP) is 3.17. The van der Waals surface area contributed by atoms with Crippen LogP contribution in [0.15, 0.2) is 53.4 Å². The van der Waals surface area contributed by atoms with Gasteiger partial charge in [-0.2, -0.15) is 0 Å². The predicted molar refractivity (Wildman–Crippen MR) is 140 cm³/mol. The molecule has 2 heterocycles. The first-order chi connectivity index (χ1) is 18.8. The van der Waals surface area contributed by atoms with Crippen LogP contribution in [0.5, 0.6) is 0 Å². The summed E-state index contributed by atoms with van der Waals surface area (Å²) in [6.45, 7) is -0.235. The molecule has 39 heavy (non-hydrogen) atoms. The lowest BCUT2D eigenvalue weighted by Gasteiger charge is -2.35. The van der Waals surface area contributed by atoms with E-state index in [1.807, 2.05) is 0 Å². The topological polar surface area (TPSA) is 113 Å². The number of hydrogen-bond acceptors (Lipinski definition) is 6. The quantitative estimate of drug-likeness (QED) is 0.534. The number of ether oxygens (including phenoxy) is 1. The molecule has 0 aromatic heterocycles. The monoisotopic (exact) mass is 557 g/mol. The van der Waals surface area contributed by atoms with Gasteiger partial charge in [-0.1, -0.05) is 43.5 Å². The molecule has 3 amide bonds. The number of fused-ring (bicyclic) bond motifs is 1. The summed E-state index contributed by atoms with van der Waals surface area (Å²) >= 11 is 0. The molecule has 1 aliphatic carbocycles. The van der Waals surface area contributed by atoms with Gasteiger partial charge < -0.3 is 15.0 Å². The lowest BCUT2D eigenvalue weighted by Crippen LogP contribution is -2.51. The van der Waals surface area contributed by atoms with Gasteiger partial charge in [-0.15, -0.1) is 0 Å². The molecule has 0 unspecified atom stereocenters. The van der Waals surface area contributed by atoms with Crippen LogP contribution in [0.3, 0.4) is 0 Å². The molecule has 1 saturated heterocycles. The summed E-state index contributed by atoms with van der Waals surface area (Å²) in [6, 6.07) is 9.93. The molecule has 0 bridgehead atoms. The molecule has 208 valence electrons. The van der Waals surface area contributed by atoms with Crippen LogP contribution in [0, 0.1) is 5.82 Å². The maximum Gasteiger partial charge on any atom is 0.269 e. The van der Waals surface area contributed by atoms with Gasteiger partial charge in [0.15, 0.2) is 0 Å². The Morgan fingerprint density at radius 2 is 1.74 bits per heavy atom. The van der Waals surface area contributed by atoms with Crippen LogP contribution in [0.1, 0.15) is 66.9 Å². The summed E-state index contributed by atoms with van der Waals surface area (Å²) in [4.78, 5) is 41.8. The Hall–Kier alpha value is -3.31. The zero-order valence-electron chi connectivity index (χ0n) is 21.6. The molecule has 2 aromatic carbocycles. The zero-order chi connectivity index (χ0) is 27.6. The number of sulfonamides is 1. The fraction of sp³-hybridized carbons (Fsp3) is 0.464. The highest BCUT2D eigenvalue weighted by Gasteiger charge is 2.44. The van der Waals surface area contributed by atoms with Gasteiger partial charge in [0, 0.05) is 19.2 Å². The summed E-state index contributed by atoms with van der Waals surface area (Å²) in [7, 11) is -4.24. The molecule has 0 radical (unpaired) electrons. The molecule has 2 aromatic rings. The summed E-state index contributed by atoms with van der Waals surface area (Å²) in [5, 5.41) is 3.06. The van der Waals surface area contributed by atoms with Gasteiger partial charge in [0.05, 0.1) is 11.7 Å². The normalized spacial score (nSPS) is 21.4. The minimum Gasteiger partial charge on any atom is -0.376 e. The first-order valence-electron chi connectivity index (χ1n) is 13.4. The van der Waals surface area contributed by atoms with E-state index in [1.54, 1.807) is 6.07 Å². The van der Waals surface area contributed by atoms with Crippen molar-refractivity contribution in [3.8, 4) is 0 Å². The first-order valence-corrected chi connectivity index (χ1v) is 14.8. The van der Waals surface area contributed by atoms with Crippen LogP contribution >= 0.6 is 0 Å². The third-order valence-corrected chi connectivity index (χ3v) is 9.42. The molecule has 0 spiro atoms. The molecular formula is C28H32FN3O6S. The van der Waals surface area contributed by atoms with E-state index >= 15 is 0 Å². The van der Waals surface area contributed by atoms with Crippen LogP contribution in [0.4, 0.5) is 4.39 Å². The number of nitrogens with zero attached hydrogens (tertiary/aromatic N) is 2. The third-order valence-electron chi connectivity index (χ3n) is 7.63. The van der Waals surface area contributed by atoms with Gasteiger partial charge in [0.25, 0.3) is 15.9 Å². The van der Waals surface area contributed by atoms with Crippen molar-refractivity contribution < 1.29 is 31.9 Å². The van der Waals surface area contributed by atoms with Gasteiger partial charge >= 0.3 is 0 Å². The van der Waals surface area contributed by atoms with Crippen LogP contribution in [0.2, 0.25) is 0 Å². The SMILES string of the molecule is O=C(NC1CCCCC1)[C@H](c1ccc(F)cc1)N(C[C@@H]1CCCO1)C(=O)CN1C(=O)c2ccccc2S1(=O)=O. The first kappa shape index (κ1) is 27.3. The molecular weight excluding hydrogens is 525 g/mol. The van der Waals surface area contributed by atoms with E-state index in [-0.39, 0.29) is 29.1 Å². The van der Waals surface area contributed by atoms with Crippen LogP contribution < -0.4 is 5.32 Å². The molecule has 2 aliphatic heterocycles. The Morgan fingerprint density at radius 3 is 2.41 bits per heavy atom. The molecule has 11 heteroatoms. The highest BCUT2D eigenvalue weighted by atomic mass is 32.2. The number of carbonyl (C=O) groups is 3. The fourth-order valence-electron chi connectivity index (χ4n) is 5.60. The lowest BCUT2D eigenvalue weighted by atomic mass is 9.94. The number of benzene rings is 2. The van der Waals surface area contributed by atoms with Crippen LogP contribution in [-0.4, -0.2) is 67.2 Å². The molecule has 1 N–H and O–H groups in total. The third kappa shape index (κ3) is 5.69. The highest BCUT2D eigenvalue weighted by Crippen LogP contribution is 2.31. The van der Waals surface area contributed by atoms with Crippen molar-refractivity contribution in [1.29, 1.82) is 0 Å². The Balaban J connectivity index is 1.48. The van der Waals surface area contributed by atoms with Crippen molar-refractivity contribution in [2.45, 2.75) is 68.0 Å². The van der Waals surface area contributed by atoms with Gasteiger partial charge in [0.2, 0.25) is 11.8 Å². The fourth-order valence-corrected chi connectivity index (χ4v) is 7.12. The minimum absolute atomic E-state index is 0.00102. The number of rotatable bonds is 8. The number of hydrogen-bond donors (Lipinski definition) is 1. The highest BCUT2D eigenvalue weighted by molar-refractivity contribution is 7.90. The number of amides is 3. The van der Waals surface area contributed by atoms with E-state index in [1.165, 1.54) is 47.4 Å². The van der Waals surface area contributed by atoms with Crippen molar-refractivity contribution in [3.05, 3.63) is 65.5 Å². The second-order valence-electron chi connectivity index (χ2n) is 10.3. The summed E-state index contributed by atoms with van der Waals surface area (Å²) < 4.78 is 46.5. The molecule has 2 atom stereocenters. The maximum atomic E-state index is 13.9. The molecule has 1 saturated carbocycles. The van der Waals surface area contributed by atoms with Crippen molar-refractivity contribution in [2.75, 3.05) is 19.7 Å². The second-order valence-corrected chi connectivity index (χ2v) is 12.1. The van der Waals surface area contributed by atoms with E-state index in [9.17, 15) is 27.2 Å². The van der Waals surface area contributed by atoms with Crippen molar-refractivity contribution in [3.63, 3.8) is 0 Å². The van der Waals surface area contributed by atoms with Crippen LogP contribution in [-0.2, 0) is 24.3 Å². The Bertz CT molecular complexity index is 1340. The Labute approximate surface area is 227 Å². The average molecular weight is 558 g/mol. The number of nitrogens with one attached hydrogen (secondary N) is 1. The van der Waals surface area contributed by atoms with E-state index in [2.05, 4.69) is 5.32 Å². The van der Waals surface area contributed by atoms with Gasteiger partial charge in [-0.25, -0.2) is 17.1 Å². The smallest absolute Gasteiger partial charge is 0.269 e. The van der Waals surface area contributed by atoms with E-state index in [0.717, 1.165) is 38.5 Å². The van der Waals surface area contributed by atoms with Crippen molar-refractivity contribution in [1.82, 2.24) is 14.5 Å². The lowest BCUT2D eigenvalue weighted by molar-refractivity contribution is -0.142. The molecule has 3 aliphatic rings. The minimum atomic E-state index is -4.24. The number of carbonyl (C=O) groups excluding carboxylic acids is 3. The second kappa shape index (κ2) is 11.4. The maximum absolute atomic E-state index is 13.9. The Kier molecular flexibility index (Phi) is 7.99. The summed E-state index contributed by atoms with van der Waals surface area (Å²) in [5.41, 5.74) is 0.385. The average Bonchev–Trinajstić information content (AvgIpc) is 3.51. The van der Waals surface area contributed by atoms with E-state index in [4.69, 9.17) is 4.74 Å². The Morgan fingerprint density at radius 1 is 1.03 bits per heavy atom. The molecule has 9 nitrogen and oxygen atoms in total. The van der Waals surface area contributed by atoms with Gasteiger partial charge in [0.1, 0.15) is 23.3 Å². The van der Waals surface area contributed by atoms with Gasteiger partial charge in [-0.05, 0) is 55.5 Å².